The monoisotopic (exact) mass is 395 g/mol. The fourth-order valence-corrected chi connectivity index (χ4v) is 3.49. The zero-order valence-corrected chi connectivity index (χ0v) is 16.6. The van der Waals surface area contributed by atoms with Crippen LogP contribution in [0.25, 0.3) is 10.9 Å². The van der Waals surface area contributed by atoms with Crippen LogP contribution in [0.5, 0.6) is 5.75 Å². The Morgan fingerprint density at radius 1 is 1.07 bits per heavy atom. The predicted octanol–water partition coefficient (Wildman–Crippen LogP) is 5.11. The molecule has 0 aliphatic heterocycles. The number of ether oxygens (including phenoxy) is 1. The van der Waals surface area contributed by atoms with Gasteiger partial charge in [0.05, 0.1) is 18.1 Å². The third kappa shape index (κ3) is 4.34. The molecule has 5 heteroatoms. The molecule has 1 amide bonds. The lowest BCUT2D eigenvalue weighted by atomic mass is 10.1. The van der Waals surface area contributed by atoms with Crippen molar-refractivity contribution >= 4 is 22.5 Å². The van der Waals surface area contributed by atoms with Gasteiger partial charge in [0.25, 0.3) is 0 Å². The zero-order valence-electron chi connectivity index (χ0n) is 16.6. The molecule has 1 aromatic heterocycles. The number of anilines is 1. The number of carbonyl (C=O) groups excluding carboxylic acids is 1. The number of para-hydroxylation sites is 1. The molecule has 0 atom stereocenters. The number of hydrogen-bond acceptors (Lipinski definition) is 3. The van der Waals surface area contributed by atoms with E-state index in [1.165, 1.54) is 0 Å². The maximum Gasteiger partial charge on any atom is 0.228 e. The Morgan fingerprint density at radius 3 is 2.77 bits per heavy atom. The van der Waals surface area contributed by atoms with Gasteiger partial charge in [-0.25, -0.2) is 0 Å². The van der Waals surface area contributed by atoms with Crippen molar-refractivity contribution in [1.82, 2.24) is 4.98 Å². The van der Waals surface area contributed by atoms with Crippen LogP contribution < -0.4 is 10.1 Å². The summed E-state index contributed by atoms with van der Waals surface area (Å²) in [6.07, 6.45) is 0.294. The number of amides is 1. The first-order valence-corrected chi connectivity index (χ1v) is 9.70. The van der Waals surface area contributed by atoms with Gasteiger partial charge in [-0.05, 0) is 48.4 Å². The predicted molar refractivity (Wildman–Crippen MR) is 117 cm³/mol. The van der Waals surface area contributed by atoms with Crippen LogP contribution in [0.3, 0.4) is 0 Å². The molecule has 30 heavy (non-hydrogen) atoms. The van der Waals surface area contributed by atoms with Crippen molar-refractivity contribution in [2.75, 3.05) is 5.32 Å². The minimum Gasteiger partial charge on any atom is -0.489 e. The van der Waals surface area contributed by atoms with E-state index in [9.17, 15) is 4.79 Å². The van der Waals surface area contributed by atoms with Gasteiger partial charge in [0, 0.05) is 28.4 Å². The normalized spacial score (nSPS) is 10.5. The number of aryl methyl sites for hydroxylation is 1. The fourth-order valence-electron chi connectivity index (χ4n) is 3.49. The molecule has 1 heterocycles. The molecule has 0 spiro atoms. The van der Waals surface area contributed by atoms with Gasteiger partial charge in [0.15, 0.2) is 0 Å². The molecule has 0 saturated heterocycles. The zero-order chi connectivity index (χ0) is 20.9. The molecule has 2 N–H and O–H groups in total. The largest absolute Gasteiger partial charge is 0.489 e. The summed E-state index contributed by atoms with van der Waals surface area (Å²) in [6.45, 7) is 2.33. The van der Waals surface area contributed by atoms with Gasteiger partial charge in [0.1, 0.15) is 12.4 Å². The quantitative estimate of drug-likeness (QED) is 0.476. The molecule has 0 fully saturated rings. The Balaban J connectivity index is 1.41. The van der Waals surface area contributed by atoms with Crippen molar-refractivity contribution in [3.63, 3.8) is 0 Å². The average molecular weight is 395 g/mol. The van der Waals surface area contributed by atoms with Crippen molar-refractivity contribution in [1.29, 1.82) is 5.26 Å². The van der Waals surface area contributed by atoms with Gasteiger partial charge in [-0.15, -0.1) is 0 Å². The number of carbonyl (C=O) groups is 1. The lowest BCUT2D eigenvalue weighted by molar-refractivity contribution is -0.115. The molecular weight excluding hydrogens is 374 g/mol. The van der Waals surface area contributed by atoms with Gasteiger partial charge >= 0.3 is 0 Å². The van der Waals surface area contributed by atoms with Crippen LogP contribution in [-0.4, -0.2) is 10.9 Å². The summed E-state index contributed by atoms with van der Waals surface area (Å²) >= 11 is 0. The van der Waals surface area contributed by atoms with Gasteiger partial charge < -0.3 is 15.0 Å². The Hall–Kier alpha value is -4.04. The van der Waals surface area contributed by atoms with Crippen molar-refractivity contribution in [3.05, 3.63) is 95.2 Å². The molecule has 0 saturated carbocycles. The van der Waals surface area contributed by atoms with E-state index in [2.05, 4.69) is 16.4 Å². The first kappa shape index (κ1) is 19.3. The highest BCUT2D eigenvalue weighted by atomic mass is 16.5. The maximum atomic E-state index is 12.6. The summed E-state index contributed by atoms with van der Waals surface area (Å²) in [5.74, 6) is 0.570. The molecule has 4 aromatic rings. The molecule has 5 nitrogen and oxygen atoms in total. The van der Waals surface area contributed by atoms with Crippen LogP contribution >= 0.6 is 0 Å². The second-order valence-electron chi connectivity index (χ2n) is 7.13. The summed E-state index contributed by atoms with van der Waals surface area (Å²) in [5.41, 5.74) is 5.24. The van der Waals surface area contributed by atoms with Gasteiger partial charge in [-0.2, -0.15) is 5.26 Å². The Labute approximate surface area is 174 Å². The number of nitriles is 1. The molecule has 0 aliphatic rings. The number of rotatable bonds is 6. The van der Waals surface area contributed by atoms with E-state index < -0.39 is 0 Å². The number of benzene rings is 3. The number of nitrogens with one attached hydrogen (secondary N) is 2. The van der Waals surface area contributed by atoms with E-state index >= 15 is 0 Å². The van der Waals surface area contributed by atoms with Crippen LogP contribution in [0.1, 0.15) is 22.4 Å². The molecular formula is C25H21N3O2. The molecule has 3 aromatic carbocycles. The lowest BCUT2D eigenvalue weighted by Gasteiger charge is -2.10. The summed E-state index contributed by atoms with van der Waals surface area (Å²) in [5, 5.41) is 13.0. The summed E-state index contributed by atoms with van der Waals surface area (Å²) in [6, 6.07) is 24.7. The van der Waals surface area contributed by atoms with E-state index in [0.717, 1.165) is 27.7 Å². The minimum absolute atomic E-state index is 0.0817. The molecule has 0 aliphatic carbocycles. The molecule has 4 rings (SSSR count). The van der Waals surface area contributed by atoms with Crippen LogP contribution in [0.2, 0.25) is 0 Å². The topological polar surface area (TPSA) is 77.9 Å². The maximum absolute atomic E-state index is 12.6. The van der Waals surface area contributed by atoms with Crippen LogP contribution in [0.15, 0.2) is 72.8 Å². The first-order chi connectivity index (χ1) is 14.6. The fraction of sp³-hybridized carbons (Fsp3) is 0.120. The summed E-state index contributed by atoms with van der Waals surface area (Å²) in [4.78, 5) is 16.0. The summed E-state index contributed by atoms with van der Waals surface area (Å²) < 4.78 is 5.83. The average Bonchev–Trinajstić information content (AvgIpc) is 3.07. The minimum atomic E-state index is -0.0817. The molecule has 0 bridgehead atoms. The standard InChI is InChI=1S/C25H21N3O2/c1-17-23(22-10-2-3-11-24(22)27-17)14-25(29)28-20-8-5-9-21(13-20)30-16-19-7-4-6-18(12-19)15-26/h2-13,27H,14,16H2,1H3,(H,28,29). The second-order valence-corrected chi connectivity index (χ2v) is 7.13. The van der Waals surface area contributed by atoms with Gasteiger partial charge in [-0.3, -0.25) is 4.79 Å². The Kier molecular flexibility index (Phi) is 5.49. The SMILES string of the molecule is Cc1[nH]c2ccccc2c1CC(=O)Nc1cccc(OCc2cccc(C#N)c2)c1. The van der Waals surface area contributed by atoms with E-state index in [-0.39, 0.29) is 5.91 Å². The van der Waals surface area contributed by atoms with Crippen molar-refractivity contribution in [2.24, 2.45) is 0 Å². The number of nitrogens with zero attached hydrogens (tertiary/aromatic N) is 1. The number of H-pyrrole nitrogens is 1. The van der Waals surface area contributed by atoms with E-state index in [0.29, 0.717) is 30.0 Å². The van der Waals surface area contributed by atoms with Crippen molar-refractivity contribution in [3.8, 4) is 11.8 Å². The number of hydrogen-bond donors (Lipinski definition) is 2. The van der Waals surface area contributed by atoms with Crippen molar-refractivity contribution in [2.45, 2.75) is 20.0 Å². The van der Waals surface area contributed by atoms with Crippen LogP contribution in [-0.2, 0) is 17.8 Å². The third-order valence-corrected chi connectivity index (χ3v) is 4.94. The molecule has 0 radical (unpaired) electrons. The van der Waals surface area contributed by atoms with Crippen LogP contribution in [0, 0.1) is 18.3 Å². The third-order valence-electron chi connectivity index (χ3n) is 4.94. The molecule has 148 valence electrons. The molecule has 0 unspecified atom stereocenters. The van der Waals surface area contributed by atoms with Gasteiger partial charge in [0.2, 0.25) is 5.91 Å². The summed E-state index contributed by atoms with van der Waals surface area (Å²) in [7, 11) is 0. The number of aromatic nitrogens is 1. The van der Waals surface area contributed by atoms with E-state index in [4.69, 9.17) is 10.00 Å². The van der Waals surface area contributed by atoms with E-state index in [1.807, 2.05) is 61.5 Å². The van der Waals surface area contributed by atoms with Gasteiger partial charge in [-0.1, -0.05) is 36.4 Å². The van der Waals surface area contributed by atoms with Crippen LogP contribution in [0.4, 0.5) is 5.69 Å². The highest BCUT2D eigenvalue weighted by Gasteiger charge is 2.12. The lowest BCUT2D eigenvalue weighted by Crippen LogP contribution is -2.14. The second kappa shape index (κ2) is 8.54. The van der Waals surface area contributed by atoms with E-state index in [1.54, 1.807) is 18.2 Å². The highest BCUT2D eigenvalue weighted by Crippen LogP contribution is 2.23. The Morgan fingerprint density at radius 2 is 1.90 bits per heavy atom. The van der Waals surface area contributed by atoms with Crippen molar-refractivity contribution < 1.29 is 9.53 Å². The smallest absolute Gasteiger partial charge is 0.228 e. The number of aromatic amines is 1. The number of fused-ring (bicyclic) bond motifs is 1. The highest BCUT2D eigenvalue weighted by molar-refractivity contribution is 5.96. The first-order valence-electron chi connectivity index (χ1n) is 9.70. The Bertz CT molecular complexity index is 1250.